The number of hydrogen-bond acceptors (Lipinski definition) is 1. The Morgan fingerprint density at radius 3 is 2.67 bits per heavy atom. The first-order chi connectivity index (χ1) is 10.3. The third-order valence-corrected chi connectivity index (χ3v) is 7.56. The Balaban J connectivity index is 0.000000555. The lowest BCUT2D eigenvalue weighted by molar-refractivity contribution is -0.119. The van der Waals surface area contributed by atoms with Crippen LogP contribution in [0.3, 0.4) is 0 Å². The second kappa shape index (κ2) is 4.73. The van der Waals surface area contributed by atoms with Crippen molar-refractivity contribution in [2.45, 2.75) is 64.2 Å². The molecule has 0 amide bonds. The number of carbonyl (C=O) groups excluding carboxylic acids is 1. The first-order valence-electron chi connectivity index (χ1n) is 8.84. The second-order valence-corrected chi connectivity index (χ2v) is 8.01. The van der Waals surface area contributed by atoms with Gasteiger partial charge in [-0.3, -0.25) is 4.79 Å². The molecule has 3 fully saturated rings. The van der Waals surface area contributed by atoms with Gasteiger partial charge in [0.2, 0.25) is 0 Å². The zero-order chi connectivity index (χ0) is 14.6. The molecule has 3 saturated carbocycles. The Morgan fingerprint density at radius 2 is 1.86 bits per heavy atom. The van der Waals surface area contributed by atoms with E-state index in [4.69, 9.17) is 0 Å². The monoisotopic (exact) mass is 282 g/mol. The van der Waals surface area contributed by atoms with Crippen molar-refractivity contribution in [3.63, 3.8) is 0 Å². The summed E-state index contributed by atoms with van der Waals surface area (Å²) in [6, 6.07) is 0. The largest absolute Gasteiger partial charge is 0.299 e. The van der Waals surface area contributed by atoms with Gasteiger partial charge in [-0.2, -0.15) is 0 Å². The highest BCUT2D eigenvalue weighted by Gasteiger charge is 2.66. The maximum Gasteiger partial charge on any atom is 0.137 e. The minimum atomic E-state index is 0.507. The highest BCUT2D eigenvalue weighted by molar-refractivity contribution is 5.82. The minimum absolute atomic E-state index is 0.507. The van der Waals surface area contributed by atoms with Crippen LogP contribution in [0.2, 0.25) is 0 Å². The molecular weight excluding hydrogens is 256 g/mol. The Morgan fingerprint density at radius 1 is 1.00 bits per heavy atom. The molecular formula is C20H26O. The summed E-state index contributed by atoms with van der Waals surface area (Å²) in [5.74, 6) is 4.61. The van der Waals surface area contributed by atoms with Crippen molar-refractivity contribution in [2.75, 3.05) is 0 Å². The smallest absolute Gasteiger partial charge is 0.137 e. The zero-order valence-electron chi connectivity index (χ0n) is 12.9. The van der Waals surface area contributed by atoms with Gasteiger partial charge in [0.15, 0.2) is 0 Å². The molecule has 1 spiro atoms. The van der Waals surface area contributed by atoms with Crippen LogP contribution in [0, 0.1) is 41.9 Å². The summed E-state index contributed by atoms with van der Waals surface area (Å²) in [5.41, 5.74) is 4.19. The SMILES string of the molecule is C#C.O=C1CCC2=C(CCC3C2CCC24CC2CCC34)C1. The van der Waals surface area contributed by atoms with Gasteiger partial charge in [0.25, 0.3) is 0 Å². The van der Waals surface area contributed by atoms with Crippen molar-refractivity contribution in [1.82, 2.24) is 0 Å². The summed E-state index contributed by atoms with van der Waals surface area (Å²) in [4.78, 5) is 11.7. The Kier molecular flexibility index (Phi) is 3.07. The Bertz CT molecular complexity index is 525. The summed E-state index contributed by atoms with van der Waals surface area (Å²) in [6.45, 7) is 0. The van der Waals surface area contributed by atoms with Crippen molar-refractivity contribution in [3.05, 3.63) is 11.1 Å². The lowest BCUT2D eigenvalue weighted by atomic mass is 9.57. The fourth-order valence-electron chi connectivity index (χ4n) is 6.73. The van der Waals surface area contributed by atoms with Crippen molar-refractivity contribution in [1.29, 1.82) is 0 Å². The number of rotatable bonds is 0. The van der Waals surface area contributed by atoms with Gasteiger partial charge in [-0.15, -0.1) is 12.8 Å². The molecule has 0 aliphatic heterocycles. The molecule has 5 aliphatic carbocycles. The van der Waals surface area contributed by atoms with Crippen molar-refractivity contribution >= 4 is 5.78 Å². The average molecular weight is 282 g/mol. The van der Waals surface area contributed by atoms with Gasteiger partial charge in [-0.1, -0.05) is 11.1 Å². The van der Waals surface area contributed by atoms with Gasteiger partial charge >= 0.3 is 0 Å². The number of Topliss-reactive ketones (excluding diaryl/α,β-unsaturated/α-hetero) is 1. The summed E-state index contributed by atoms with van der Waals surface area (Å²) in [5, 5.41) is 0. The molecule has 0 aromatic rings. The third kappa shape index (κ3) is 1.81. The quantitative estimate of drug-likeness (QED) is 0.471. The van der Waals surface area contributed by atoms with Crippen LogP contribution in [0.5, 0.6) is 0 Å². The normalized spacial score (nSPS) is 46.5. The molecule has 0 saturated heterocycles. The summed E-state index contributed by atoms with van der Waals surface area (Å²) >= 11 is 0. The molecule has 21 heavy (non-hydrogen) atoms. The van der Waals surface area contributed by atoms with Crippen molar-refractivity contribution in [2.24, 2.45) is 29.1 Å². The lowest BCUT2D eigenvalue weighted by Gasteiger charge is -2.47. The van der Waals surface area contributed by atoms with E-state index in [9.17, 15) is 4.79 Å². The molecule has 0 aromatic carbocycles. The first kappa shape index (κ1) is 13.6. The number of allylic oxidation sites excluding steroid dienone is 2. The Hall–Kier alpha value is -1.03. The molecule has 5 rings (SSSR count). The van der Waals surface area contributed by atoms with E-state index in [1.807, 2.05) is 0 Å². The van der Waals surface area contributed by atoms with Gasteiger partial charge in [0.05, 0.1) is 0 Å². The first-order valence-corrected chi connectivity index (χ1v) is 8.84. The maximum atomic E-state index is 11.7. The van der Waals surface area contributed by atoms with Crippen molar-refractivity contribution < 1.29 is 4.79 Å². The van der Waals surface area contributed by atoms with E-state index in [-0.39, 0.29) is 0 Å². The molecule has 0 heterocycles. The van der Waals surface area contributed by atoms with E-state index in [2.05, 4.69) is 12.8 Å². The predicted octanol–water partition coefficient (Wildman–Crippen LogP) is 4.52. The minimum Gasteiger partial charge on any atom is -0.299 e. The molecule has 0 aromatic heterocycles. The van der Waals surface area contributed by atoms with Crippen LogP contribution in [0.25, 0.3) is 0 Å². The highest BCUT2D eigenvalue weighted by atomic mass is 16.1. The molecule has 1 nitrogen and oxygen atoms in total. The standard InChI is InChI=1S/C18H24O.C2H2/c19-13-3-5-14-11(9-13)1-4-16-15(14)7-8-18-10-12(18)2-6-17(16)18;1-2/h12,15-17H,1-10H2;1-2H. The van der Waals surface area contributed by atoms with Crippen LogP contribution in [0.4, 0.5) is 0 Å². The molecule has 0 bridgehead atoms. The van der Waals surface area contributed by atoms with Gasteiger partial charge in [0, 0.05) is 12.8 Å². The molecule has 5 aliphatic rings. The number of carbonyl (C=O) groups is 1. The second-order valence-electron chi connectivity index (χ2n) is 8.01. The molecule has 112 valence electrons. The lowest BCUT2D eigenvalue weighted by Crippen LogP contribution is -2.38. The Labute approximate surface area is 128 Å². The topological polar surface area (TPSA) is 17.1 Å². The predicted molar refractivity (Wildman–Crippen MR) is 84.5 cm³/mol. The van der Waals surface area contributed by atoms with Gasteiger partial charge in [-0.25, -0.2) is 0 Å². The van der Waals surface area contributed by atoms with Crippen LogP contribution in [-0.2, 0) is 4.79 Å². The summed E-state index contributed by atoms with van der Waals surface area (Å²) < 4.78 is 0. The van der Waals surface area contributed by atoms with E-state index in [1.54, 1.807) is 17.6 Å². The van der Waals surface area contributed by atoms with Crippen LogP contribution in [0.1, 0.15) is 64.2 Å². The van der Waals surface area contributed by atoms with Crippen molar-refractivity contribution in [3.8, 4) is 12.8 Å². The third-order valence-electron chi connectivity index (χ3n) is 7.56. The van der Waals surface area contributed by atoms with E-state index >= 15 is 0 Å². The van der Waals surface area contributed by atoms with E-state index in [0.29, 0.717) is 5.78 Å². The van der Waals surface area contributed by atoms with E-state index in [0.717, 1.165) is 48.3 Å². The number of hydrogen-bond donors (Lipinski definition) is 0. The molecule has 0 radical (unpaired) electrons. The fourth-order valence-corrected chi connectivity index (χ4v) is 6.73. The van der Waals surface area contributed by atoms with Gasteiger partial charge in [-0.05, 0) is 80.5 Å². The van der Waals surface area contributed by atoms with Crippen LogP contribution >= 0.6 is 0 Å². The van der Waals surface area contributed by atoms with Gasteiger partial charge < -0.3 is 0 Å². The highest BCUT2D eigenvalue weighted by Crippen LogP contribution is 2.75. The van der Waals surface area contributed by atoms with E-state index in [1.165, 1.54) is 38.5 Å². The summed E-state index contributed by atoms with van der Waals surface area (Å²) in [6.07, 6.45) is 21.1. The zero-order valence-corrected chi connectivity index (χ0v) is 12.9. The van der Waals surface area contributed by atoms with Gasteiger partial charge in [0.1, 0.15) is 5.78 Å². The maximum absolute atomic E-state index is 11.7. The molecule has 5 atom stereocenters. The van der Waals surface area contributed by atoms with Crippen LogP contribution in [0.15, 0.2) is 11.1 Å². The molecule has 1 heteroatoms. The van der Waals surface area contributed by atoms with Crippen LogP contribution in [-0.4, -0.2) is 5.78 Å². The molecule has 5 unspecified atom stereocenters. The van der Waals surface area contributed by atoms with E-state index < -0.39 is 0 Å². The fraction of sp³-hybridized carbons (Fsp3) is 0.750. The number of terminal acetylenes is 1. The average Bonchev–Trinajstić information content (AvgIpc) is 3.10. The number of ketones is 1. The summed E-state index contributed by atoms with van der Waals surface area (Å²) in [7, 11) is 0. The molecule has 0 N–H and O–H groups in total. The van der Waals surface area contributed by atoms with Crippen LogP contribution < -0.4 is 0 Å². The number of fused-ring (bicyclic) bond motifs is 3.